The van der Waals surface area contributed by atoms with E-state index < -0.39 is 5.91 Å². The van der Waals surface area contributed by atoms with Gasteiger partial charge in [0.15, 0.2) is 0 Å². The number of carbonyl (C=O) groups is 1. The maximum atomic E-state index is 11.6. The Kier molecular flexibility index (Phi) is 3.98. The minimum atomic E-state index is -0.524. The van der Waals surface area contributed by atoms with Gasteiger partial charge in [0.1, 0.15) is 12.4 Å². The van der Waals surface area contributed by atoms with Crippen LogP contribution in [0.5, 0.6) is 5.75 Å². The maximum Gasteiger partial charge on any atom is 0.274 e. The van der Waals surface area contributed by atoms with Gasteiger partial charge >= 0.3 is 0 Å². The van der Waals surface area contributed by atoms with Crippen LogP contribution < -0.4 is 15.1 Å². The molecular formula is C17H18N2O3. The van der Waals surface area contributed by atoms with Gasteiger partial charge in [-0.3, -0.25) is 10.0 Å². The Labute approximate surface area is 129 Å². The van der Waals surface area contributed by atoms with Gasteiger partial charge in [-0.05, 0) is 30.7 Å². The Morgan fingerprint density at radius 1 is 1.32 bits per heavy atom. The summed E-state index contributed by atoms with van der Waals surface area (Å²) in [6.07, 6.45) is 0. The van der Waals surface area contributed by atoms with Crippen LogP contribution in [0.4, 0.5) is 5.69 Å². The van der Waals surface area contributed by atoms with E-state index in [0.29, 0.717) is 12.2 Å². The first kappa shape index (κ1) is 14.4. The first-order valence-corrected chi connectivity index (χ1v) is 7.19. The smallest absolute Gasteiger partial charge is 0.274 e. The Hall–Kier alpha value is -2.53. The molecule has 3 rings (SSSR count). The largest absolute Gasteiger partial charge is 0.490 e. The molecule has 2 aromatic carbocycles. The molecule has 1 aliphatic heterocycles. The summed E-state index contributed by atoms with van der Waals surface area (Å²) in [6, 6.07) is 13.5. The van der Waals surface area contributed by atoms with Gasteiger partial charge in [0.25, 0.3) is 5.91 Å². The number of hydroxylamine groups is 1. The third-order valence-corrected chi connectivity index (χ3v) is 3.74. The predicted molar refractivity (Wildman–Crippen MR) is 83.4 cm³/mol. The normalized spacial score (nSPS) is 13.3. The number of rotatable bonds is 3. The molecule has 0 fully saturated rings. The molecule has 0 aromatic heterocycles. The van der Waals surface area contributed by atoms with Crippen LogP contribution in [0.1, 0.15) is 21.5 Å². The van der Waals surface area contributed by atoms with Crippen LogP contribution in [-0.2, 0) is 6.54 Å². The summed E-state index contributed by atoms with van der Waals surface area (Å²) in [6.45, 7) is 4.19. The van der Waals surface area contributed by atoms with Crippen molar-refractivity contribution in [3.8, 4) is 5.75 Å². The van der Waals surface area contributed by atoms with Gasteiger partial charge in [0.2, 0.25) is 0 Å². The molecule has 5 nitrogen and oxygen atoms in total. The number of aryl methyl sites for hydroxylation is 1. The molecule has 1 heterocycles. The molecule has 0 unspecified atom stereocenters. The zero-order chi connectivity index (χ0) is 15.5. The minimum absolute atomic E-state index is 0.404. The number of anilines is 1. The van der Waals surface area contributed by atoms with E-state index in [9.17, 15) is 4.79 Å². The van der Waals surface area contributed by atoms with Gasteiger partial charge in [-0.2, -0.15) is 0 Å². The molecule has 0 saturated heterocycles. The number of ether oxygens (including phenoxy) is 1. The zero-order valence-corrected chi connectivity index (χ0v) is 12.4. The molecule has 0 atom stereocenters. The van der Waals surface area contributed by atoms with Gasteiger partial charge in [-0.1, -0.05) is 29.8 Å². The monoisotopic (exact) mass is 298 g/mol. The molecule has 0 radical (unpaired) electrons. The van der Waals surface area contributed by atoms with Crippen LogP contribution in [-0.4, -0.2) is 24.3 Å². The van der Waals surface area contributed by atoms with Crippen LogP contribution in [0.3, 0.4) is 0 Å². The second-order valence-electron chi connectivity index (χ2n) is 5.38. The van der Waals surface area contributed by atoms with Crippen molar-refractivity contribution >= 4 is 11.6 Å². The fourth-order valence-electron chi connectivity index (χ4n) is 2.67. The number of fused-ring (bicyclic) bond motifs is 1. The topological polar surface area (TPSA) is 61.8 Å². The lowest BCUT2D eigenvalue weighted by Crippen LogP contribution is -2.32. The van der Waals surface area contributed by atoms with Crippen molar-refractivity contribution in [3.05, 3.63) is 59.2 Å². The predicted octanol–water partition coefficient (Wildman–Crippen LogP) is 2.51. The number of hydrogen-bond acceptors (Lipinski definition) is 4. The quantitative estimate of drug-likeness (QED) is 0.675. The fourth-order valence-corrected chi connectivity index (χ4v) is 2.67. The molecule has 5 heteroatoms. The van der Waals surface area contributed by atoms with E-state index in [1.165, 1.54) is 11.1 Å². The summed E-state index contributed by atoms with van der Waals surface area (Å²) in [5.41, 5.74) is 5.37. The molecule has 0 bridgehead atoms. The van der Waals surface area contributed by atoms with Crippen LogP contribution in [0, 0.1) is 6.92 Å². The SMILES string of the molecule is Cc1cccc(CN2CCOc3ccc(C(=O)NO)cc32)c1. The van der Waals surface area contributed by atoms with E-state index in [4.69, 9.17) is 9.94 Å². The second-order valence-corrected chi connectivity index (χ2v) is 5.38. The minimum Gasteiger partial charge on any atom is -0.490 e. The lowest BCUT2D eigenvalue weighted by atomic mass is 10.1. The van der Waals surface area contributed by atoms with Gasteiger partial charge in [0.05, 0.1) is 12.2 Å². The highest BCUT2D eigenvalue weighted by Crippen LogP contribution is 2.33. The van der Waals surface area contributed by atoms with Crippen molar-refractivity contribution in [2.75, 3.05) is 18.1 Å². The number of carbonyl (C=O) groups excluding carboxylic acids is 1. The number of nitrogens with zero attached hydrogens (tertiary/aromatic N) is 1. The summed E-state index contributed by atoms with van der Waals surface area (Å²) in [4.78, 5) is 13.8. The van der Waals surface area contributed by atoms with Crippen molar-refractivity contribution in [2.24, 2.45) is 0 Å². The molecule has 2 N–H and O–H groups in total. The average molecular weight is 298 g/mol. The number of hydrogen-bond donors (Lipinski definition) is 2. The second kappa shape index (κ2) is 6.07. The van der Waals surface area contributed by atoms with Gasteiger partial charge in [0, 0.05) is 12.1 Å². The van der Waals surface area contributed by atoms with Crippen LogP contribution in [0.15, 0.2) is 42.5 Å². The Morgan fingerprint density at radius 2 is 2.18 bits per heavy atom. The van der Waals surface area contributed by atoms with Crippen molar-refractivity contribution in [1.82, 2.24) is 5.48 Å². The first-order valence-electron chi connectivity index (χ1n) is 7.19. The summed E-state index contributed by atoms with van der Waals surface area (Å²) >= 11 is 0. The molecule has 0 aliphatic carbocycles. The highest BCUT2D eigenvalue weighted by atomic mass is 16.5. The molecule has 0 saturated carbocycles. The van der Waals surface area contributed by atoms with Crippen LogP contribution in [0.2, 0.25) is 0 Å². The van der Waals surface area contributed by atoms with E-state index >= 15 is 0 Å². The summed E-state index contributed by atoms with van der Waals surface area (Å²) in [5.74, 6) is 0.234. The van der Waals surface area contributed by atoms with Crippen LogP contribution >= 0.6 is 0 Å². The van der Waals surface area contributed by atoms with Crippen molar-refractivity contribution in [3.63, 3.8) is 0 Å². The van der Waals surface area contributed by atoms with E-state index in [2.05, 4.69) is 30.0 Å². The molecule has 2 aromatic rings. The highest BCUT2D eigenvalue weighted by Gasteiger charge is 2.20. The number of nitrogens with one attached hydrogen (secondary N) is 1. The number of benzene rings is 2. The lowest BCUT2D eigenvalue weighted by molar-refractivity contribution is 0.0706. The molecule has 1 amide bonds. The lowest BCUT2D eigenvalue weighted by Gasteiger charge is -2.31. The third kappa shape index (κ3) is 2.89. The standard InChI is InChI=1S/C17H18N2O3/c1-12-3-2-4-13(9-12)11-19-7-8-22-16-6-5-14(10-15(16)19)17(20)18-21/h2-6,9-10,21H,7-8,11H2,1H3,(H,18,20). The van der Waals surface area contributed by atoms with Crippen molar-refractivity contribution in [2.45, 2.75) is 13.5 Å². The summed E-state index contributed by atoms with van der Waals surface area (Å²) in [7, 11) is 0. The van der Waals surface area contributed by atoms with E-state index in [-0.39, 0.29) is 0 Å². The maximum absolute atomic E-state index is 11.6. The van der Waals surface area contributed by atoms with E-state index in [1.807, 2.05) is 6.07 Å². The Bertz CT molecular complexity index is 700. The highest BCUT2D eigenvalue weighted by molar-refractivity contribution is 5.95. The number of amides is 1. The molecular weight excluding hydrogens is 280 g/mol. The summed E-state index contributed by atoms with van der Waals surface area (Å²) < 4.78 is 5.65. The third-order valence-electron chi connectivity index (χ3n) is 3.74. The van der Waals surface area contributed by atoms with Crippen LogP contribution in [0.25, 0.3) is 0 Å². The van der Waals surface area contributed by atoms with Crippen molar-refractivity contribution in [1.29, 1.82) is 0 Å². The molecule has 1 aliphatic rings. The molecule has 114 valence electrons. The molecule has 22 heavy (non-hydrogen) atoms. The van der Waals surface area contributed by atoms with E-state index in [1.54, 1.807) is 23.7 Å². The van der Waals surface area contributed by atoms with Crippen molar-refractivity contribution < 1.29 is 14.7 Å². The first-order chi connectivity index (χ1) is 10.7. The Balaban J connectivity index is 1.91. The summed E-state index contributed by atoms with van der Waals surface area (Å²) in [5, 5.41) is 8.78. The van der Waals surface area contributed by atoms with Gasteiger partial charge in [-0.25, -0.2) is 5.48 Å². The zero-order valence-electron chi connectivity index (χ0n) is 12.4. The fraction of sp³-hybridized carbons (Fsp3) is 0.235. The van der Waals surface area contributed by atoms with E-state index in [0.717, 1.165) is 24.5 Å². The Morgan fingerprint density at radius 3 is 2.95 bits per heavy atom. The van der Waals surface area contributed by atoms with Gasteiger partial charge < -0.3 is 9.64 Å². The average Bonchev–Trinajstić information content (AvgIpc) is 2.54. The van der Waals surface area contributed by atoms with Gasteiger partial charge in [-0.15, -0.1) is 0 Å². The molecule has 0 spiro atoms.